The Labute approximate surface area is 96.0 Å². The van der Waals surface area contributed by atoms with Crippen molar-refractivity contribution in [2.45, 2.75) is 31.7 Å². The van der Waals surface area contributed by atoms with E-state index in [4.69, 9.17) is 5.73 Å². The molecule has 2 unspecified atom stereocenters. The lowest BCUT2D eigenvalue weighted by Crippen LogP contribution is -2.42. The fourth-order valence-electron chi connectivity index (χ4n) is 2.09. The van der Waals surface area contributed by atoms with E-state index >= 15 is 0 Å². The summed E-state index contributed by atoms with van der Waals surface area (Å²) in [5.74, 6) is 0.441. The van der Waals surface area contributed by atoms with Gasteiger partial charge in [-0.25, -0.2) is 0 Å². The number of fused-ring (bicyclic) bond motifs is 1. The summed E-state index contributed by atoms with van der Waals surface area (Å²) in [6.45, 7) is 2.63. The van der Waals surface area contributed by atoms with Crippen molar-refractivity contribution in [3.05, 3.63) is 35.4 Å². The quantitative estimate of drug-likeness (QED) is 0.797. The van der Waals surface area contributed by atoms with E-state index in [9.17, 15) is 4.79 Å². The van der Waals surface area contributed by atoms with Gasteiger partial charge in [0.25, 0.3) is 0 Å². The number of nitrogens with two attached hydrogens (primary N) is 1. The molecule has 86 valence electrons. The second-order valence-corrected chi connectivity index (χ2v) is 4.36. The van der Waals surface area contributed by atoms with E-state index in [0.717, 1.165) is 6.42 Å². The molecule has 0 aromatic heterocycles. The highest BCUT2D eigenvalue weighted by atomic mass is 16.2. The maximum Gasteiger partial charge on any atom is 0.236 e. The summed E-state index contributed by atoms with van der Waals surface area (Å²) in [4.78, 5) is 11.5. The number of amides is 1. The maximum atomic E-state index is 11.5. The zero-order valence-corrected chi connectivity index (χ0v) is 9.57. The summed E-state index contributed by atoms with van der Waals surface area (Å²) < 4.78 is 0. The number of carbonyl (C=O) groups is 1. The number of carbonyl (C=O) groups excluding carboxylic acids is 1. The zero-order valence-electron chi connectivity index (χ0n) is 9.57. The highest BCUT2D eigenvalue weighted by Crippen LogP contribution is 2.33. The topological polar surface area (TPSA) is 55.1 Å². The average Bonchev–Trinajstić information content (AvgIpc) is 2.29. The molecule has 1 aromatic carbocycles. The van der Waals surface area contributed by atoms with Crippen LogP contribution in [-0.2, 0) is 11.2 Å². The van der Waals surface area contributed by atoms with Crippen molar-refractivity contribution in [3.8, 4) is 0 Å². The molecule has 3 heteroatoms. The number of benzene rings is 1. The van der Waals surface area contributed by atoms with Crippen molar-refractivity contribution >= 4 is 5.91 Å². The van der Waals surface area contributed by atoms with E-state index in [0.29, 0.717) is 18.9 Å². The number of hydrogen-bond acceptors (Lipinski definition) is 2. The third kappa shape index (κ3) is 2.09. The van der Waals surface area contributed by atoms with Gasteiger partial charge < -0.3 is 11.1 Å². The first-order valence-corrected chi connectivity index (χ1v) is 5.83. The van der Waals surface area contributed by atoms with E-state index in [-0.39, 0.29) is 11.9 Å². The molecule has 0 spiro atoms. The van der Waals surface area contributed by atoms with E-state index < -0.39 is 0 Å². The molecule has 3 nitrogen and oxygen atoms in total. The molecule has 1 aliphatic carbocycles. The Morgan fingerprint density at radius 2 is 2.31 bits per heavy atom. The van der Waals surface area contributed by atoms with Gasteiger partial charge >= 0.3 is 0 Å². The summed E-state index contributed by atoms with van der Waals surface area (Å²) >= 11 is 0. The predicted octanol–water partition coefficient (Wildman–Crippen LogP) is 1.18. The minimum absolute atomic E-state index is 0.0353. The molecule has 0 bridgehead atoms. The molecule has 0 radical (unpaired) electrons. The van der Waals surface area contributed by atoms with Crippen LogP contribution in [0.3, 0.4) is 0 Å². The van der Waals surface area contributed by atoms with Gasteiger partial charge in [0.05, 0.1) is 6.04 Å². The van der Waals surface area contributed by atoms with Crippen molar-refractivity contribution in [1.82, 2.24) is 5.32 Å². The summed E-state index contributed by atoms with van der Waals surface area (Å²) in [5, 5.41) is 2.91. The molecule has 0 aliphatic heterocycles. The number of nitrogens with one attached hydrogen (secondary N) is 1. The second-order valence-electron chi connectivity index (χ2n) is 4.36. The lowest BCUT2D eigenvalue weighted by atomic mass is 9.77. The van der Waals surface area contributed by atoms with E-state index in [2.05, 4.69) is 23.5 Å². The molecule has 1 amide bonds. The third-order valence-electron chi connectivity index (χ3n) is 3.26. The van der Waals surface area contributed by atoms with Crippen LogP contribution >= 0.6 is 0 Å². The van der Waals surface area contributed by atoms with Crippen molar-refractivity contribution in [2.75, 3.05) is 6.54 Å². The van der Waals surface area contributed by atoms with Crippen molar-refractivity contribution in [2.24, 2.45) is 5.73 Å². The molecule has 3 N–H and O–H groups in total. The lowest BCUT2D eigenvalue weighted by molar-refractivity contribution is -0.122. The van der Waals surface area contributed by atoms with Gasteiger partial charge in [0, 0.05) is 12.5 Å². The Morgan fingerprint density at radius 1 is 1.56 bits per heavy atom. The van der Waals surface area contributed by atoms with Gasteiger partial charge in [-0.2, -0.15) is 0 Å². The standard InChI is InChI=1S/C13H18N2O/c1-2-12(14)13(16)15-8-10-7-9-5-3-4-6-11(9)10/h3-6,10,12H,2,7-8,14H2,1H3,(H,15,16). The van der Waals surface area contributed by atoms with Crippen LogP contribution in [0, 0.1) is 0 Å². The van der Waals surface area contributed by atoms with Crippen LogP contribution in [0.5, 0.6) is 0 Å². The first-order chi connectivity index (χ1) is 7.72. The Kier molecular flexibility index (Phi) is 3.25. The van der Waals surface area contributed by atoms with Gasteiger partial charge in [0.2, 0.25) is 5.91 Å². The Balaban J connectivity index is 1.84. The molecule has 1 aliphatic rings. The lowest BCUT2D eigenvalue weighted by Gasteiger charge is -2.30. The van der Waals surface area contributed by atoms with Crippen LogP contribution in [0.2, 0.25) is 0 Å². The molecule has 0 saturated heterocycles. The molecular weight excluding hydrogens is 200 g/mol. The van der Waals surface area contributed by atoms with Gasteiger partial charge in [-0.15, -0.1) is 0 Å². The van der Waals surface area contributed by atoms with E-state index in [1.807, 2.05) is 13.0 Å². The SMILES string of the molecule is CCC(N)C(=O)NCC1Cc2ccccc21. The largest absolute Gasteiger partial charge is 0.354 e. The predicted molar refractivity (Wildman–Crippen MR) is 64.2 cm³/mol. The Hall–Kier alpha value is -1.35. The molecule has 1 aromatic rings. The fourth-order valence-corrected chi connectivity index (χ4v) is 2.09. The van der Waals surface area contributed by atoms with Crippen LogP contribution in [-0.4, -0.2) is 18.5 Å². The van der Waals surface area contributed by atoms with Crippen molar-refractivity contribution < 1.29 is 4.79 Å². The van der Waals surface area contributed by atoms with Crippen LogP contribution in [0.15, 0.2) is 24.3 Å². The highest BCUT2D eigenvalue weighted by molar-refractivity contribution is 5.81. The molecule has 2 atom stereocenters. The summed E-state index contributed by atoms with van der Waals surface area (Å²) in [6, 6.07) is 8.02. The molecule has 16 heavy (non-hydrogen) atoms. The van der Waals surface area contributed by atoms with Gasteiger partial charge in [-0.1, -0.05) is 31.2 Å². The average molecular weight is 218 g/mol. The monoisotopic (exact) mass is 218 g/mol. The fraction of sp³-hybridized carbons (Fsp3) is 0.462. The van der Waals surface area contributed by atoms with Gasteiger partial charge in [0.1, 0.15) is 0 Å². The first kappa shape index (κ1) is 11.1. The molecular formula is C13H18N2O. The van der Waals surface area contributed by atoms with Gasteiger partial charge in [0.15, 0.2) is 0 Å². The van der Waals surface area contributed by atoms with Gasteiger partial charge in [-0.05, 0) is 24.0 Å². The van der Waals surface area contributed by atoms with Crippen molar-refractivity contribution in [3.63, 3.8) is 0 Å². The highest BCUT2D eigenvalue weighted by Gasteiger charge is 2.25. The van der Waals surface area contributed by atoms with Crippen LogP contribution in [0.1, 0.15) is 30.4 Å². The minimum Gasteiger partial charge on any atom is -0.354 e. The van der Waals surface area contributed by atoms with Crippen LogP contribution in [0.4, 0.5) is 0 Å². The molecule has 0 fully saturated rings. The Bertz CT molecular complexity index is 389. The van der Waals surface area contributed by atoms with Crippen molar-refractivity contribution in [1.29, 1.82) is 0 Å². The minimum atomic E-state index is -0.365. The zero-order chi connectivity index (χ0) is 11.5. The maximum absolute atomic E-state index is 11.5. The Morgan fingerprint density at radius 3 is 3.00 bits per heavy atom. The summed E-state index contributed by atoms with van der Waals surface area (Å²) in [7, 11) is 0. The molecule has 0 saturated carbocycles. The van der Waals surface area contributed by atoms with Crippen LogP contribution < -0.4 is 11.1 Å². The summed E-state index contributed by atoms with van der Waals surface area (Å²) in [6.07, 6.45) is 1.75. The summed E-state index contributed by atoms with van der Waals surface area (Å²) in [5.41, 5.74) is 8.42. The number of rotatable bonds is 4. The van der Waals surface area contributed by atoms with E-state index in [1.54, 1.807) is 0 Å². The molecule has 0 heterocycles. The molecule has 2 rings (SSSR count). The van der Waals surface area contributed by atoms with Crippen LogP contribution in [0.25, 0.3) is 0 Å². The number of hydrogen-bond donors (Lipinski definition) is 2. The van der Waals surface area contributed by atoms with E-state index in [1.165, 1.54) is 11.1 Å². The third-order valence-corrected chi connectivity index (χ3v) is 3.26. The smallest absolute Gasteiger partial charge is 0.236 e. The second kappa shape index (κ2) is 4.66. The van der Waals surface area contributed by atoms with Gasteiger partial charge in [-0.3, -0.25) is 4.79 Å². The first-order valence-electron chi connectivity index (χ1n) is 5.83. The normalized spacial score (nSPS) is 19.5.